The van der Waals surface area contributed by atoms with E-state index < -0.39 is 22.2 Å². The summed E-state index contributed by atoms with van der Waals surface area (Å²) in [5, 5.41) is 34.9. The number of likely N-dealkylation sites (N-methyl/N-ethyl adjacent to an activating group) is 1. The van der Waals surface area contributed by atoms with Crippen LogP contribution in [0.4, 0.5) is 14.5 Å². The quantitative estimate of drug-likeness (QED) is 0.247. The first-order valence-electron chi connectivity index (χ1n) is 11.1. The maximum Gasteiger partial charge on any atom is 0.269 e. The first kappa shape index (κ1) is 25.0. The Morgan fingerprint density at radius 3 is 2.72 bits per heavy atom. The summed E-state index contributed by atoms with van der Waals surface area (Å²) in [6.07, 6.45) is 4.41. The normalized spacial score (nSPS) is 13.1. The van der Waals surface area contributed by atoms with Crippen LogP contribution in [0, 0.1) is 21.7 Å². The summed E-state index contributed by atoms with van der Waals surface area (Å²) in [5.74, 6) is -1.61. The molecule has 2 aromatic carbocycles. The Bertz CT molecular complexity index is 1330. The van der Waals surface area contributed by atoms with Crippen molar-refractivity contribution in [3.05, 3.63) is 99.9 Å². The molecule has 1 unspecified atom stereocenters. The third kappa shape index (κ3) is 5.93. The van der Waals surface area contributed by atoms with Crippen molar-refractivity contribution in [2.24, 2.45) is 0 Å². The minimum absolute atomic E-state index is 0.00955. The summed E-state index contributed by atoms with van der Waals surface area (Å²) in [6.45, 7) is 2.82. The molecule has 0 amide bonds. The summed E-state index contributed by atoms with van der Waals surface area (Å²) >= 11 is 0. The highest BCUT2D eigenvalue weighted by atomic mass is 19.1. The van der Waals surface area contributed by atoms with Crippen molar-refractivity contribution in [1.82, 2.24) is 34.7 Å². The third-order valence-corrected chi connectivity index (χ3v) is 5.69. The van der Waals surface area contributed by atoms with Crippen molar-refractivity contribution in [2.75, 3.05) is 13.1 Å². The van der Waals surface area contributed by atoms with Gasteiger partial charge in [0.15, 0.2) is 0 Å². The second kappa shape index (κ2) is 10.7. The standard InChI is InChI=1S/C23H24F2N8O3/c1-2-30(11-19-12-31(29-28-19)10-17-4-3-5-20(8-17)33(35)36)13-23(34,14-32-16-26-15-27-32)21-7-6-18(24)9-22(21)25/h3-9,12,15-16,34H,2,10-11,13-14H2,1H3. The molecule has 36 heavy (non-hydrogen) atoms. The zero-order valence-corrected chi connectivity index (χ0v) is 19.4. The van der Waals surface area contributed by atoms with E-state index in [0.717, 1.165) is 12.1 Å². The van der Waals surface area contributed by atoms with Gasteiger partial charge in [0.05, 0.1) is 29.9 Å². The van der Waals surface area contributed by atoms with Gasteiger partial charge in [-0.1, -0.05) is 30.3 Å². The van der Waals surface area contributed by atoms with Crippen LogP contribution in [0.2, 0.25) is 0 Å². The van der Waals surface area contributed by atoms with Crippen molar-refractivity contribution in [3.8, 4) is 0 Å². The first-order valence-corrected chi connectivity index (χ1v) is 11.1. The van der Waals surface area contributed by atoms with E-state index in [1.807, 2.05) is 11.8 Å². The van der Waals surface area contributed by atoms with E-state index in [9.17, 15) is 24.0 Å². The molecule has 4 aromatic rings. The molecule has 4 rings (SSSR count). The Kier molecular flexibility index (Phi) is 7.41. The van der Waals surface area contributed by atoms with Crippen LogP contribution in [-0.2, 0) is 25.2 Å². The molecule has 0 saturated carbocycles. The number of benzene rings is 2. The molecule has 0 aliphatic carbocycles. The predicted molar refractivity (Wildman–Crippen MR) is 123 cm³/mol. The van der Waals surface area contributed by atoms with Crippen LogP contribution in [0.5, 0.6) is 0 Å². The molecule has 0 bridgehead atoms. The maximum atomic E-state index is 14.7. The van der Waals surface area contributed by atoms with Gasteiger partial charge >= 0.3 is 0 Å². The van der Waals surface area contributed by atoms with Crippen molar-refractivity contribution >= 4 is 5.69 Å². The smallest absolute Gasteiger partial charge is 0.269 e. The summed E-state index contributed by atoms with van der Waals surface area (Å²) in [5.41, 5.74) is -0.538. The van der Waals surface area contributed by atoms with Gasteiger partial charge < -0.3 is 5.11 Å². The average molecular weight is 498 g/mol. The van der Waals surface area contributed by atoms with Crippen LogP contribution >= 0.6 is 0 Å². The molecule has 0 aliphatic heterocycles. The molecule has 1 atom stereocenters. The zero-order valence-electron chi connectivity index (χ0n) is 19.4. The van der Waals surface area contributed by atoms with E-state index in [-0.39, 0.29) is 37.4 Å². The fourth-order valence-corrected chi connectivity index (χ4v) is 3.99. The van der Waals surface area contributed by atoms with Crippen molar-refractivity contribution in [1.29, 1.82) is 0 Å². The first-order chi connectivity index (χ1) is 17.3. The Morgan fingerprint density at radius 1 is 1.19 bits per heavy atom. The van der Waals surface area contributed by atoms with Gasteiger partial charge in [0.25, 0.3) is 5.69 Å². The van der Waals surface area contributed by atoms with Crippen LogP contribution in [0.25, 0.3) is 0 Å². The van der Waals surface area contributed by atoms with Crippen LogP contribution in [-0.4, -0.2) is 57.8 Å². The van der Waals surface area contributed by atoms with Gasteiger partial charge in [0, 0.05) is 36.9 Å². The molecule has 188 valence electrons. The van der Waals surface area contributed by atoms with Gasteiger partial charge in [-0.3, -0.25) is 15.0 Å². The Morgan fingerprint density at radius 2 is 2.03 bits per heavy atom. The molecule has 2 aromatic heterocycles. The summed E-state index contributed by atoms with van der Waals surface area (Å²) in [4.78, 5) is 16.3. The number of halogens is 2. The van der Waals surface area contributed by atoms with Gasteiger partial charge in [-0.15, -0.1) is 5.10 Å². The molecule has 0 fully saturated rings. The lowest BCUT2D eigenvalue weighted by Gasteiger charge is -2.34. The number of aromatic nitrogens is 6. The second-order valence-electron chi connectivity index (χ2n) is 8.39. The lowest BCUT2D eigenvalue weighted by Crippen LogP contribution is -2.44. The number of aliphatic hydroxyl groups is 1. The minimum atomic E-state index is -1.75. The molecule has 0 radical (unpaired) electrons. The average Bonchev–Trinajstić information content (AvgIpc) is 3.50. The number of rotatable bonds is 11. The number of non-ortho nitro benzene ring substituents is 1. The van der Waals surface area contributed by atoms with E-state index in [2.05, 4.69) is 20.4 Å². The molecular formula is C23H24F2N8O3. The Hall–Kier alpha value is -4.10. The fraction of sp³-hybridized carbons (Fsp3) is 0.304. The summed E-state index contributed by atoms with van der Waals surface area (Å²) in [7, 11) is 0. The highest BCUT2D eigenvalue weighted by Crippen LogP contribution is 2.28. The van der Waals surface area contributed by atoms with Crippen LogP contribution in [0.3, 0.4) is 0 Å². The Balaban J connectivity index is 1.52. The number of hydrogen-bond donors (Lipinski definition) is 1. The molecular weight excluding hydrogens is 474 g/mol. The largest absolute Gasteiger partial charge is 0.382 e. The van der Waals surface area contributed by atoms with Crippen molar-refractivity contribution in [2.45, 2.75) is 32.2 Å². The second-order valence-corrected chi connectivity index (χ2v) is 8.39. The van der Waals surface area contributed by atoms with Crippen LogP contribution in [0.1, 0.15) is 23.7 Å². The molecule has 0 saturated heterocycles. The number of nitrogens with zero attached hydrogens (tertiary/aromatic N) is 8. The van der Waals surface area contributed by atoms with Gasteiger partial charge in [-0.2, -0.15) is 5.10 Å². The van der Waals surface area contributed by atoms with Crippen molar-refractivity contribution in [3.63, 3.8) is 0 Å². The van der Waals surface area contributed by atoms with E-state index >= 15 is 0 Å². The molecule has 2 heterocycles. The van der Waals surface area contributed by atoms with E-state index in [1.165, 1.54) is 35.5 Å². The van der Waals surface area contributed by atoms with Gasteiger partial charge in [0.1, 0.15) is 29.9 Å². The zero-order chi connectivity index (χ0) is 25.7. The van der Waals surface area contributed by atoms with Gasteiger partial charge in [-0.05, 0) is 18.2 Å². The van der Waals surface area contributed by atoms with Crippen LogP contribution < -0.4 is 0 Å². The number of hydrogen-bond acceptors (Lipinski definition) is 8. The van der Waals surface area contributed by atoms with Crippen molar-refractivity contribution < 1.29 is 18.8 Å². The summed E-state index contributed by atoms with van der Waals surface area (Å²) < 4.78 is 31.2. The van der Waals surface area contributed by atoms with E-state index in [0.29, 0.717) is 17.8 Å². The fourth-order valence-electron chi connectivity index (χ4n) is 3.99. The molecule has 0 spiro atoms. The number of nitro groups is 1. The SMILES string of the molecule is CCN(Cc1cn(Cc2cccc([N+](=O)[O-])c2)nn1)CC(O)(Cn1cncn1)c1ccc(F)cc1F. The Labute approximate surface area is 204 Å². The van der Waals surface area contributed by atoms with Crippen LogP contribution in [0.15, 0.2) is 61.3 Å². The third-order valence-electron chi connectivity index (χ3n) is 5.69. The highest BCUT2D eigenvalue weighted by Gasteiger charge is 2.35. The highest BCUT2D eigenvalue weighted by molar-refractivity contribution is 5.34. The monoisotopic (exact) mass is 498 g/mol. The van der Waals surface area contributed by atoms with E-state index in [4.69, 9.17) is 0 Å². The lowest BCUT2D eigenvalue weighted by molar-refractivity contribution is -0.384. The molecule has 13 heteroatoms. The predicted octanol–water partition coefficient (Wildman–Crippen LogP) is 2.51. The number of nitro benzene ring substituents is 1. The lowest BCUT2D eigenvalue weighted by atomic mass is 9.92. The van der Waals surface area contributed by atoms with Gasteiger partial charge in [-0.25, -0.2) is 23.1 Å². The maximum absolute atomic E-state index is 14.7. The molecule has 11 nitrogen and oxygen atoms in total. The molecule has 1 N–H and O–H groups in total. The van der Waals surface area contributed by atoms with E-state index in [1.54, 1.807) is 23.0 Å². The van der Waals surface area contributed by atoms with Gasteiger partial charge in [0.2, 0.25) is 0 Å². The topological polar surface area (TPSA) is 128 Å². The molecule has 0 aliphatic rings. The minimum Gasteiger partial charge on any atom is -0.382 e. The summed E-state index contributed by atoms with van der Waals surface area (Å²) in [6, 6.07) is 9.31.